The maximum atomic E-state index is 12.4. The Hall–Kier alpha value is -2.38. The first-order valence-electron chi connectivity index (χ1n) is 8.68. The zero-order chi connectivity index (χ0) is 19.6. The molecule has 142 valence electrons. The molecule has 0 atom stereocenters. The summed E-state index contributed by atoms with van der Waals surface area (Å²) >= 11 is 7.35. The van der Waals surface area contributed by atoms with Crippen LogP contribution in [0.1, 0.15) is 29.2 Å². The molecule has 1 aromatic carbocycles. The predicted octanol–water partition coefficient (Wildman–Crippen LogP) is 3.55. The summed E-state index contributed by atoms with van der Waals surface area (Å²) in [4.78, 5) is 25.5. The van der Waals surface area contributed by atoms with Crippen LogP contribution in [-0.4, -0.2) is 34.7 Å². The predicted molar refractivity (Wildman–Crippen MR) is 109 cm³/mol. The van der Waals surface area contributed by atoms with Crippen LogP contribution >= 0.6 is 22.9 Å². The third-order valence-electron chi connectivity index (χ3n) is 4.07. The molecule has 0 spiro atoms. The normalized spacial score (nSPS) is 11.1. The van der Waals surface area contributed by atoms with Gasteiger partial charge in [-0.05, 0) is 37.3 Å². The van der Waals surface area contributed by atoms with E-state index in [1.807, 2.05) is 55.8 Å². The van der Waals surface area contributed by atoms with Gasteiger partial charge in [0.1, 0.15) is 4.83 Å². The van der Waals surface area contributed by atoms with Crippen LogP contribution < -0.4 is 10.6 Å². The molecule has 0 bridgehead atoms. The van der Waals surface area contributed by atoms with Crippen molar-refractivity contribution >= 4 is 45.0 Å². The van der Waals surface area contributed by atoms with Crippen LogP contribution in [0.3, 0.4) is 0 Å². The maximum absolute atomic E-state index is 12.4. The van der Waals surface area contributed by atoms with Crippen LogP contribution in [0.2, 0.25) is 5.02 Å². The summed E-state index contributed by atoms with van der Waals surface area (Å²) in [5, 5.41) is 11.8. The number of nitrogens with one attached hydrogen (secondary N) is 2. The summed E-state index contributed by atoms with van der Waals surface area (Å²) in [5.74, 6) is -0.246. The summed E-state index contributed by atoms with van der Waals surface area (Å²) in [6, 6.07) is 9.27. The Bertz CT molecular complexity index is 976. The zero-order valence-electron chi connectivity index (χ0n) is 15.4. The van der Waals surface area contributed by atoms with Crippen LogP contribution in [-0.2, 0) is 4.79 Å². The number of carbonyl (C=O) groups excluding carboxylic acids is 2. The Balaban J connectivity index is 1.73. The number of carbonyl (C=O) groups is 2. The van der Waals surface area contributed by atoms with E-state index >= 15 is 0 Å². The molecule has 0 aliphatic rings. The lowest BCUT2D eigenvalue weighted by atomic mass is 10.2. The number of aromatic nitrogens is 2. The van der Waals surface area contributed by atoms with Gasteiger partial charge in [0, 0.05) is 29.4 Å². The fraction of sp³-hybridized carbons (Fsp3) is 0.316. The zero-order valence-corrected chi connectivity index (χ0v) is 16.9. The summed E-state index contributed by atoms with van der Waals surface area (Å²) in [6.07, 6.45) is 0. The highest BCUT2D eigenvalue weighted by Crippen LogP contribution is 2.30. The molecule has 2 N–H and O–H groups in total. The van der Waals surface area contributed by atoms with Gasteiger partial charge in [0.05, 0.1) is 16.3 Å². The molecule has 6 nitrogen and oxygen atoms in total. The lowest BCUT2D eigenvalue weighted by Gasteiger charge is -2.08. The smallest absolute Gasteiger partial charge is 0.261 e. The van der Waals surface area contributed by atoms with Crippen LogP contribution in [0, 0.1) is 12.8 Å². The molecule has 3 rings (SSSR count). The lowest BCUT2D eigenvalue weighted by Crippen LogP contribution is -2.36. The molecule has 0 aliphatic carbocycles. The van der Waals surface area contributed by atoms with Gasteiger partial charge in [0.15, 0.2) is 0 Å². The number of hydrogen-bond donors (Lipinski definition) is 2. The Morgan fingerprint density at radius 3 is 2.52 bits per heavy atom. The minimum Gasteiger partial charge on any atom is -0.354 e. The third kappa shape index (κ3) is 4.31. The average molecular weight is 405 g/mol. The number of nitrogens with zero attached hydrogens (tertiary/aromatic N) is 2. The third-order valence-corrected chi connectivity index (χ3v) is 5.44. The molecular formula is C19H21ClN4O2S. The first kappa shape index (κ1) is 19.4. The van der Waals surface area contributed by atoms with E-state index in [0.717, 1.165) is 21.6 Å². The first-order valence-corrected chi connectivity index (χ1v) is 9.87. The second kappa shape index (κ2) is 8.10. The highest BCUT2D eigenvalue weighted by Gasteiger charge is 2.17. The van der Waals surface area contributed by atoms with Gasteiger partial charge >= 0.3 is 0 Å². The number of rotatable bonds is 6. The topological polar surface area (TPSA) is 76.0 Å². The SMILES string of the molecule is Cc1nn(-c2ccc(Cl)cc2)c2sc(C(=O)NCCNC(=O)C(C)C)cc12. The van der Waals surface area contributed by atoms with Crippen molar-refractivity contribution in [2.45, 2.75) is 20.8 Å². The van der Waals surface area contributed by atoms with E-state index in [-0.39, 0.29) is 17.7 Å². The van der Waals surface area contributed by atoms with Gasteiger partial charge in [-0.3, -0.25) is 9.59 Å². The molecule has 0 radical (unpaired) electrons. The van der Waals surface area contributed by atoms with E-state index in [4.69, 9.17) is 11.6 Å². The summed E-state index contributed by atoms with van der Waals surface area (Å²) < 4.78 is 1.82. The molecule has 2 aromatic heterocycles. The van der Waals surface area contributed by atoms with Crippen LogP contribution in [0.25, 0.3) is 15.9 Å². The Kier molecular flexibility index (Phi) is 5.82. The highest BCUT2D eigenvalue weighted by atomic mass is 35.5. The summed E-state index contributed by atoms with van der Waals surface area (Å²) in [5.41, 5.74) is 1.75. The van der Waals surface area contributed by atoms with Crippen molar-refractivity contribution in [3.63, 3.8) is 0 Å². The lowest BCUT2D eigenvalue weighted by molar-refractivity contribution is -0.123. The van der Waals surface area contributed by atoms with Crippen LogP contribution in [0.4, 0.5) is 0 Å². The van der Waals surface area contributed by atoms with E-state index in [1.54, 1.807) is 0 Å². The molecule has 8 heteroatoms. The van der Waals surface area contributed by atoms with Crippen LogP contribution in [0.15, 0.2) is 30.3 Å². The molecule has 27 heavy (non-hydrogen) atoms. The minimum atomic E-state index is -0.156. The van der Waals surface area contributed by atoms with E-state index < -0.39 is 0 Å². The Morgan fingerprint density at radius 2 is 1.85 bits per heavy atom. The summed E-state index contributed by atoms with van der Waals surface area (Å²) in [6.45, 7) is 6.37. The number of hydrogen-bond acceptors (Lipinski definition) is 4. The molecule has 0 aliphatic heterocycles. The number of aryl methyl sites for hydroxylation is 1. The second-order valence-electron chi connectivity index (χ2n) is 6.50. The van der Waals surface area contributed by atoms with Crippen LogP contribution in [0.5, 0.6) is 0 Å². The van der Waals surface area contributed by atoms with Crippen molar-refractivity contribution in [2.24, 2.45) is 5.92 Å². The number of amides is 2. The van der Waals surface area contributed by atoms with Gasteiger partial charge < -0.3 is 10.6 Å². The van der Waals surface area contributed by atoms with Gasteiger partial charge in [-0.25, -0.2) is 4.68 Å². The molecule has 0 saturated heterocycles. The van der Waals surface area contributed by atoms with Crippen molar-refractivity contribution < 1.29 is 9.59 Å². The maximum Gasteiger partial charge on any atom is 0.261 e. The minimum absolute atomic E-state index is 0.0233. The quantitative estimate of drug-likeness (QED) is 0.617. The monoisotopic (exact) mass is 404 g/mol. The molecule has 0 unspecified atom stereocenters. The number of fused-ring (bicyclic) bond motifs is 1. The fourth-order valence-corrected chi connectivity index (χ4v) is 3.79. The van der Waals surface area contributed by atoms with Crippen molar-refractivity contribution in [2.75, 3.05) is 13.1 Å². The van der Waals surface area contributed by atoms with Crippen molar-refractivity contribution in [3.8, 4) is 5.69 Å². The fourth-order valence-electron chi connectivity index (χ4n) is 2.57. The number of thiophene rings is 1. The van der Waals surface area contributed by atoms with E-state index in [0.29, 0.717) is 23.0 Å². The molecular weight excluding hydrogens is 384 g/mol. The van der Waals surface area contributed by atoms with Gasteiger partial charge in [-0.15, -0.1) is 11.3 Å². The summed E-state index contributed by atoms with van der Waals surface area (Å²) in [7, 11) is 0. The molecule has 3 aromatic rings. The highest BCUT2D eigenvalue weighted by molar-refractivity contribution is 7.20. The Morgan fingerprint density at radius 1 is 1.19 bits per heavy atom. The second-order valence-corrected chi connectivity index (χ2v) is 7.97. The van der Waals surface area contributed by atoms with E-state index in [9.17, 15) is 9.59 Å². The Labute approximate surface area is 166 Å². The van der Waals surface area contributed by atoms with Crippen molar-refractivity contribution in [3.05, 3.63) is 45.9 Å². The van der Waals surface area contributed by atoms with Gasteiger partial charge in [-0.1, -0.05) is 25.4 Å². The van der Waals surface area contributed by atoms with E-state index in [2.05, 4.69) is 15.7 Å². The van der Waals surface area contributed by atoms with E-state index in [1.165, 1.54) is 11.3 Å². The number of benzene rings is 1. The largest absolute Gasteiger partial charge is 0.354 e. The van der Waals surface area contributed by atoms with Crippen molar-refractivity contribution in [1.82, 2.24) is 20.4 Å². The molecule has 0 fully saturated rings. The first-order chi connectivity index (χ1) is 12.9. The standard InChI is InChI=1S/C19H21ClN4O2S/c1-11(2)17(25)21-8-9-22-18(26)16-10-15-12(3)23-24(19(15)27-16)14-6-4-13(20)5-7-14/h4-7,10-11H,8-9H2,1-3H3,(H,21,25)(H,22,26). The van der Waals surface area contributed by atoms with Gasteiger partial charge in [0.2, 0.25) is 5.91 Å². The van der Waals surface area contributed by atoms with Gasteiger partial charge in [-0.2, -0.15) is 5.10 Å². The van der Waals surface area contributed by atoms with Crippen molar-refractivity contribution in [1.29, 1.82) is 0 Å². The molecule has 2 heterocycles. The van der Waals surface area contributed by atoms with Gasteiger partial charge in [0.25, 0.3) is 5.91 Å². The molecule has 0 saturated carbocycles. The number of halogens is 1. The average Bonchev–Trinajstić information content (AvgIpc) is 3.20. The molecule has 2 amide bonds.